The van der Waals surface area contributed by atoms with Gasteiger partial charge < -0.3 is 14.4 Å². The van der Waals surface area contributed by atoms with Crippen LogP contribution in [0.1, 0.15) is 53.6 Å². The highest BCUT2D eigenvalue weighted by Gasteiger charge is 2.37. The van der Waals surface area contributed by atoms with E-state index >= 15 is 0 Å². The topological polar surface area (TPSA) is 83.6 Å². The summed E-state index contributed by atoms with van der Waals surface area (Å²) in [5.74, 6) is 1.97. The number of ether oxygens (including phenoxy) is 2. The van der Waals surface area contributed by atoms with Crippen LogP contribution in [-0.2, 0) is 13.0 Å². The Morgan fingerprint density at radius 2 is 1.76 bits per heavy atom. The van der Waals surface area contributed by atoms with Gasteiger partial charge in [0, 0.05) is 38.3 Å². The number of amides is 1. The molecule has 1 fully saturated rings. The van der Waals surface area contributed by atoms with Crippen molar-refractivity contribution in [3.05, 3.63) is 83.4 Å². The number of carbonyl (C=O) groups excluding carboxylic acids is 1. The number of methoxy groups -OCH3 is 1. The molecule has 0 bridgehead atoms. The molecule has 1 amide bonds. The number of piperidine rings is 1. The van der Waals surface area contributed by atoms with Gasteiger partial charge in [0.25, 0.3) is 5.91 Å². The zero-order valence-electron chi connectivity index (χ0n) is 23.8. The first kappa shape index (κ1) is 27.3. The second-order valence-corrected chi connectivity index (χ2v) is 11.5. The Morgan fingerprint density at radius 1 is 0.951 bits per heavy atom. The predicted octanol–water partition coefficient (Wildman–Crippen LogP) is 5.50. The van der Waals surface area contributed by atoms with Gasteiger partial charge in [-0.1, -0.05) is 36.8 Å². The van der Waals surface area contributed by atoms with Crippen molar-refractivity contribution in [2.24, 2.45) is 5.41 Å². The van der Waals surface area contributed by atoms with Crippen molar-refractivity contribution >= 4 is 16.9 Å². The fourth-order valence-corrected chi connectivity index (χ4v) is 6.46. The summed E-state index contributed by atoms with van der Waals surface area (Å²) in [7, 11) is 1.70. The van der Waals surface area contributed by atoms with Crippen molar-refractivity contribution in [2.45, 2.75) is 45.1 Å². The third-order valence-electron chi connectivity index (χ3n) is 8.84. The van der Waals surface area contributed by atoms with E-state index in [1.54, 1.807) is 7.11 Å². The molecule has 214 valence electrons. The Labute approximate surface area is 241 Å². The number of aromatic nitrogens is 3. The number of aryl methyl sites for hydroxylation is 1. The van der Waals surface area contributed by atoms with Crippen molar-refractivity contribution in [3.63, 3.8) is 0 Å². The molecular formula is C33H39N5O3. The lowest BCUT2D eigenvalue weighted by molar-refractivity contribution is 0.0361. The van der Waals surface area contributed by atoms with Gasteiger partial charge in [0.15, 0.2) is 0 Å². The molecule has 41 heavy (non-hydrogen) atoms. The van der Waals surface area contributed by atoms with Gasteiger partial charge in [0.05, 0.1) is 7.11 Å². The van der Waals surface area contributed by atoms with E-state index in [4.69, 9.17) is 9.47 Å². The standard InChI is InChI=1S/C33H39N5O3/c1-40-28-12-9-25(10-13-28)23-37-20-21-41-31-8-3-2-6-26(31)7-4-5-15-33(24-37)16-18-38(19-17-33)32(39)27-11-14-29-30(22-27)35-36-34-29/h2-3,6,8-14,22H,4-5,7,15-21,23-24H2,1H3,(H,34,35,36). The SMILES string of the molecule is COc1ccc(CN2CCOc3ccccc3CCCCC3(CCN(C(=O)c4ccc5n[nH]nc5c4)CC3)C2)cc1. The number of aromatic amines is 1. The number of H-pyrrole nitrogens is 1. The second kappa shape index (κ2) is 12.3. The van der Waals surface area contributed by atoms with Gasteiger partial charge in [0.1, 0.15) is 29.1 Å². The van der Waals surface area contributed by atoms with Crippen LogP contribution in [0, 0.1) is 5.41 Å². The molecule has 0 radical (unpaired) electrons. The Kier molecular flexibility index (Phi) is 8.19. The molecule has 8 nitrogen and oxygen atoms in total. The Bertz CT molecular complexity index is 1460. The minimum Gasteiger partial charge on any atom is -0.497 e. The third kappa shape index (κ3) is 6.38. The van der Waals surface area contributed by atoms with E-state index in [-0.39, 0.29) is 11.3 Å². The zero-order chi connectivity index (χ0) is 28.1. The smallest absolute Gasteiger partial charge is 0.253 e. The Hall–Kier alpha value is -3.91. The highest BCUT2D eigenvalue weighted by Crippen LogP contribution is 2.39. The maximum absolute atomic E-state index is 13.4. The summed E-state index contributed by atoms with van der Waals surface area (Å²) in [5.41, 5.74) is 4.91. The van der Waals surface area contributed by atoms with E-state index in [1.807, 2.05) is 35.2 Å². The van der Waals surface area contributed by atoms with Gasteiger partial charge >= 0.3 is 0 Å². The minimum absolute atomic E-state index is 0.0815. The molecule has 4 aromatic rings. The van der Waals surface area contributed by atoms with Crippen LogP contribution in [0.2, 0.25) is 0 Å². The fraction of sp³-hybridized carbons (Fsp3) is 0.424. The number of para-hydroxylation sites is 1. The molecule has 2 aliphatic heterocycles. The molecule has 1 saturated heterocycles. The highest BCUT2D eigenvalue weighted by atomic mass is 16.5. The first-order valence-corrected chi connectivity index (χ1v) is 14.8. The number of fused-ring (bicyclic) bond motifs is 2. The van der Waals surface area contributed by atoms with Crippen molar-refractivity contribution < 1.29 is 14.3 Å². The minimum atomic E-state index is 0.0815. The average Bonchev–Trinajstić information content (AvgIpc) is 3.48. The van der Waals surface area contributed by atoms with E-state index in [1.165, 1.54) is 24.0 Å². The normalized spacial score (nSPS) is 18.2. The van der Waals surface area contributed by atoms with Crippen LogP contribution in [0.5, 0.6) is 11.5 Å². The van der Waals surface area contributed by atoms with E-state index in [2.05, 4.69) is 56.7 Å². The largest absolute Gasteiger partial charge is 0.497 e. The van der Waals surface area contributed by atoms with Crippen molar-refractivity contribution in [2.75, 3.05) is 39.9 Å². The molecule has 1 N–H and O–H groups in total. The van der Waals surface area contributed by atoms with Crippen LogP contribution < -0.4 is 9.47 Å². The molecule has 0 saturated carbocycles. The predicted molar refractivity (Wildman–Crippen MR) is 159 cm³/mol. The van der Waals surface area contributed by atoms with Crippen LogP contribution in [0.15, 0.2) is 66.7 Å². The van der Waals surface area contributed by atoms with Crippen LogP contribution >= 0.6 is 0 Å². The summed E-state index contributed by atoms with van der Waals surface area (Å²) in [6, 6.07) is 22.4. The summed E-state index contributed by atoms with van der Waals surface area (Å²) in [6.07, 6.45) is 6.52. The quantitative estimate of drug-likeness (QED) is 0.360. The van der Waals surface area contributed by atoms with Crippen LogP contribution in [0.25, 0.3) is 11.0 Å². The van der Waals surface area contributed by atoms with Crippen molar-refractivity contribution in [1.82, 2.24) is 25.2 Å². The number of nitrogens with zero attached hydrogens (tertiary/aromatic N) is 4. The number of hydrogen-bond donors (Lipinski definition) is 1. The molecule has 3 aromatic carbocycles. The van der Waals surface area contributed by atoms with E-state index in [9.17, 15) is 4.79 Å². The van der Waals surface area contributed by atoms with Gasteiger partial charge in [0.2, 0.25) is 0 Å². The van der Waals surface area contributed by atoms with Crippen molar-refractivity contribution in [1.29, 1.82) is 0 Å². The van der Waals surface area contributed by atoms with Crippen molar-refractivity contribution in [3.8, 4) is 11.5 Å². The molecule has 0 atom stereocenters. The second-order valence-electron chi connectivity index (χ2n) is 11.5. The molecule has 1 aromatic heterocycles. The lowest BCUT2D eigenvalue weighted by Gasteiger charge is -2.45. The molecule has 0 unspecified atom stereocenters. The summed E-state index contributed by atoms with van der Waals surface area (Å²) < 4.78 is 11.7. The first-order valence-electron chi connectivity index (χ1n) is 14.8. The average molecular weight is 554 g/mol. The van der Waals surface area contributed by atoms with E-state index in [0.29, 0.717) is 12.2 Å². The van der Waals surface area contributed by atoms with E-state index < -0.39 is 0 Å². The molecule has 2 aliphatic rings. The monoisotopic (exact) mass is 553 g/mol. The van der Waals surface area contributed by atoms with Gasteiger partial charge in [-0.25, -0.2) is 0 Å². The Morgan fingerprint density at radius 3 is 2.59 bits per heavy atom. The molecule has 3 heterocycles. The first-order chi connectivity index (χ1) is 20.1. The lowest BCUT2D eigenvalue weighted by Crippen LogP contribution is -2.48. The Balaban J connectivity index is 1.19. The molecular weight excluding hydrogens is 514 g/mol. The number of carbonyl (C=O) groups is 1. The summed E-state index contributed by atoms with van der Waals surface area (Å²) in [5, 5.41) is 10.9. The summed E-state index contributed by atoms with van der Waals surface area (Å²) in [6.45, 7) is 4.89. The number of nitrogens with one attached hydrogen (secondary N) is 1. The third-order valence-corrected chi connectivity index (χ3v) is 8.84. The molecule has 0 aliphatic carbocycles. The molecule has 1 spiro atoms. The number of hydrogen-bond acceptors (Lipinski definition) is 6. The highest BCUT2D eigenvalue weighted by molar-refractivity contribution is 5.97. The van der Waals surface area contributed by atoms with Gasteiger partial charge in [-0.3, -0.25) is 9.69 Å². The summed E-state index contributed by atoms with van der Waals surface area (Å²) in [4.78, 5) is 18.0. The van der Waals surface area contributed by atoms with Gasteiger partial charge in [-0.15, -0.1) is 0 Å². The number of likely N-dealkylation sites (tertiary alicyclic amines) is 1. The molecule has 6 rings (SSSR count). The van der Waals surface area contributed by atoms with E-state index in [0.717, 1.165) is 80.9 Å². The van der Waals surface area contributed by atoms with Crippen LogP contribution in [0.3, 0.4) is 0 Å². The molecule has 8 heteroatoms. The number of rotatable bonds is 4. The maximum atomic E-state index is 13.4. The zero-order valence-corrected chi connectivity index (χ0v) is 23.8. The van der Waals surface area contributed by atoms with Gasteiger partial charge in [-0.05, 0) is 85.0 Å². The maximum Gasteiger partial charge on any atom is 0.253 e. The van der Waals surface area contributed by atoms with Crippen LogP contribution in [-0.4, -0.2) is 71.0 Å². The fourth-order valence-electron chi connectivity index (χ4n) is 6.46. The number of benzene rings is 3. The lowest BCUT2D eigenvalue weighted by atomic mass is 9.73. The summed E-state index contributed by atoms with van der Waals surface area (Å²) >= 11 is 0. The van der Waals surface area contributed by atoms with Gasteiger partial charge in [-0.2, -0.15) is 15.4 Å². The van der Waals surface area contributed by atoms with Crippen LogP contribution in [0.4, 0.5) is 0 Å².